The predicted molar refractivity (Wildman–Crippen MR) is 109 cm³/mol. The van der Waals surface area contributed by atoms with Crippen molar-refractivity contribution in [1.29, 1.82) is 0 Å². The highest BCUT2D eigenvalue weighted by atomic mass is 35.5. The van der Waals surface area contributed by atoms with Gasteiger partial charge >= 0.3 is 5.97 Å². The molecule has 0 bridgehead atoms. The summed E-state index contributed by atoms with van der Waals surface area (Å²) in [5.41, 5.74) is 0.731. The van der Waals surface area contributed by atoms with E-state index in [1.165, 1.54) is 7.11 Å². The molecule has 1 aromatic carbocycles. The molecule has 0 amide bonds. The molecule has 28 heavy (non-hydrogen) atoms. The Labute approximate surface area is 172 Å². The Bertz CT molecular complexity index is 727. The fraction of sp³-hybridized carbons (Fsp3) is 0.609. The van der Waals surface area contributed by atoms with Crippen LogP contribution in [0.5, 0.6) is 0 Å². The van der Waals surface area contributed by atoms with Gasteiger partial charge in [-0.05, 0) is 68.6 Å². The largest absolute Gasteiger partial charge is 0.465 e. The minimum absolute atomic E-state index is 0.0802. The summed E-state index contributed by atoms with van der Waals surface area (Å²) in [5.74, 6) is 5.80. The molecule has 4 nitrogen and oxygen atoms in total. The van der Waals surface area contributed by atoms with E-state index >= 15 is 0 Å². The number of hydrogen-bond acceptors (Lipinski definition) is 4. The summed E-state index contributed by atoms with van der Waals surface area (Å²) in [7, 11) is 1.37. The zero-order valence-corrected chi connectivity index (χ0v) is 17.1. The first-order valence-electron chi connectivity index (χ1n) is 10.2. The lowest BCUT2D eigenvalue weighted by Gasteiger charge is -2.27. The summed E-state index contributed by atoms with van der Waals surface area (Å²) in [5, 5.41) is 21.0. The lowest BCUT2D eigenvalue weighted by molar-refractivity contribution is 0.0595. The minimum atomic E-state index is -0.906. The third-order valence-corrected chi connectivity index (χ3v) is 6.60. The van der Waals surface area contributed by atoms with Crippen LogP contribution in [0.1, 0.15) is 60.9 Å². The van der Waals surface area contributed by atoms with E-state index in [0.717, 1.165) is 37.7 Å². The summed E-state index contributed by atoms with van der Waals surface area (Å²) in [6.07, 6.45) is 6.17. The van der Waals surface area contributed by atoms with Crippen molar-refractivity contribution in [1.82, 2.24) is 0 Å². The number of hydrogen-bond donors (Lipinski definition) is 2. The number of rotatable bonds is 4. The standard InChI is InChI=1S/C23H29ClO4/c1-28-22(26)17-8-5-16(6-9-17)7-10-18-19(21(25)15-20(18)24)11-14-23(27)12-3-2-4-13-23/h5-6,8-9,18-21,25,27H,2-4,7,10,12-13,15H2,1H3/t18-,19-,20-,21-/m1/s1. The number of ether oxygens (including phenoxy) is 1. The first-order valence-corrected chi connectivity index (χ1v) is 10.6. The van der Waals surface area contributed by atoms with Crippen molar-refractivity contribution in [3.63, 3.8) is 0 Å². The van der Waals surface area contributed by atoms with Crippen LogP contribution in [0.4, 0.5) is 0 Å². The Hall–Kier alpha value is -1.54. The summed E-state index contributed by atoms with van der Waals surface area (Å²) in [4.78, 5) is 11.5. The van der Waals surface area contributed by atoms with Crippen LogP contribution in [-0.4, -0.2) is 40.4 Å². The van der Waals surface area contributed by atoms with Crippen LogP contribution in [0, 0.1) is 23.7 Å². The van der Waals surface area contributed by atoms with E-state index in [1.54, 1.807) is 12.1 Å². The molecule has 2 fully saturated rings. The average Bonchev–Trinajstić information content (AvgIpc) is 2.97. The fourth-order valence-electron chi connectivity index (χ4n) is 4.36. The van der Waals surface area contributed by atoms with E-state index in [2.05, 4.69) is 11.8 Å². The number of halogens is 1. The maximum Gasteiger partial charge on any atom is 0.337 e. The SMILES string of the molecule is COC(=O)c1ccc(CC[C@@H]2[C@@H](C#CC3(O)CCCCC3)[C@H](O)C[C@H]2Cl)cc1. The number of alkyl halides is 1. The zero-order valence-electron chi connectivity index (χ0n) is 16.4. The number of methoxy groups -OCH3 is 1. The number of carbonyl (C=O) groups is 1. The van der Waals surface area contributed by atoms with Gasteiger partial charge in [0.1, 0.15) is 5.60 Å². The molecule has 0 unspecified atom stereocenters. The van der Waals surface area contributed by atoms with E-state index < -0.39 is 11.7 Å². The molecule has 3 rings (SSSR count). The second-order valence-corrected chi connectivity index (χ2v) is 8.66. The van der Waals surface area contributed by atoms with E-state index in [4.69, 9.17) is 16.3 Å². The van der Waals surface area contributed by atoms with Crippen LogP contribution in [0.15, 0.2) is 24.3 Å². The first kappa shape index (κ1) is 21.2. The molecule has 0 heterocycles. The molecule has 0 spiro atoms. The van der Waals surface area contributed by atoms with Crippen molar-refractivity contribution in [2.24, 2.45) is 11.8 Å². The van der Waals surface area contributed by atoms with E-state index in [-0.39, 0.29) is 23.2 Å². The third-order valence-electron chi connectivity index (χ3n) is 6.10. The van der Waals surface area contributed by atoms with Gasteiger partial charge in [0.25, 0.3) is 0 Å². The molecule has 0 radical (unpaired) electrons. The fourth-order valence-corrected chi connectivity index (χ4v) is 4.83. The van der Waals surface area contributed by atoms with Crippen molar-refractivity contribution in [2.45, 2.75) is 68.4 Å². The van der Waals surface area contributed by atoms with Gasteiger partial charge in [-0.3, -0.25) is 0 Å². The Morgan fingerprint density at radius 2 is 1.93 bits per heavy atom. The molecule has 1 aromatic rings. The van der Waals surface area contributed by atoms with Gasteiger partial charge < -0.3 is 14.9 Å². The Kier molecular flexibility index (Phi) is 7.04. The molecule has 0 saturated heterocycles. The van der Waals surface area contributed by atoms with Crippen LogP contribution in [-0.2, 0) is 11.2 Å². The molecule has 2 aliphatic carbocycles. The normalized spacial score (nSPS) is 29.0. The van der Waals surface area contributed by atoms with Gasteiger partial charge in [0.2, 0.25) is 0 Å². The van der Waals surface area contributed by atoms with Crippen LogP contribution in [0.2, 0.25) is 0 Å². The van der Waals surface area contributed by atoms with Gasteiger partial charge in [-0.2, -0.15) is 0 Å². The van der Waals surface area contributed by atoms with Gasteiger partial charge in [0.15, 0.2) is 0 Å². The summed E-state index contributed by atoms with van der Waals surface area (Å²) in [6, 6.07) is 7.37. The number of benzene rings is 1. The van der Waals surface area contributed by atoms with Gasteiger partial charge in [0, 0.05) is 5.38 Å². The van der Waals surface area contributed by atoms with Gasteiger partial charge in [-0.15, -0.1) is 11.6 Å². The van der Waals surface area contributed by atoms with Crippen LogP contribution in [0.3, 0.4) is 0 Å². The molecule has 0 aliphatic heterocycles. The monoisotopic (exact) mass is 404 g/mol. The van der Waals surface area contributed by atoms with Crippen molar-refractivity contribution < 1.29 is 19.7 Å². The Morgan fingerprint density at radius 3 is 2.57 bits per heavy atom. The van der Waals surface area contributed by atoms with Gasteiger partial charge in [-0.1, -0.05) is 30.4 Å². The first-order chi connectivity index (χ1) is 13.4. The number of carbonyl (C=O) groups excluding carboxylic acids is 1. The number of aryl methyl sites for hydroxylation is 1. The molecule has 5 heteroatoms. The second kappa shape index (κ2) is 9.31. The molecule has 2 N–H and O–H groups in total. The van der Waals surface area contributed by atoms with Crippen molar-refractivity contribution in [2.75, 3.05) is 7.11 Å². The van der Waals surface area contributed by atoms with Crippen molar-refractivity contribution in [3.8, 4) is 11.8 Å². The highest BCUT2D eigenvalue weighted by Gasteiger charge is 2.40. The molecule has 4 atom stereocenters. The number of esters is 1. The molecule has 0 aromatic heterocycles. The van der Waals surface area contributed by atoms with E-state index in [9.17, 15) is 15.0 Å². The van der Waals surface area contributed by atoms with Crippen molar-refractivity contribution >= 4 is 17.6 Å². The Balaban J connectivity index is 1.65. The van der Waals surface area contributed by atoms with Crippen molar-refractivity contribution in [3.05, 3.63) is 35.4 Å². The maximum atomic E-state index is 11.5. The Morgan fingerprint density at radius 1 is 1.25 bits per heavy atom. The van der Waals surface area contributed by atoms with Crippen LogP contribution in [0.25, 0.3) is 0 Å². The molecule has 2 aliphatic rings. The maximum absolute atomic E-state index is 11.5. The lowest BCUT2D eigenvalue weighted by atomic mass is 9.83. The predicted octanol–water partition coefficient (Wildman–Crippen LogP) is 3.71. The summed E-state index contributed by atoms with van der Waals surface area (Å²) < 4.78 is 4.72. The zero-order chi connectivity index (χ0) is 20.1. The minimum Gasteiger partial charge on any atom is -0.465 e. The second-order valence-electron chi connectivity index (χ2n) is 8.10. The van der Waals surface area contributed by atoms with E-state index in [1.807, 2.05) is 12.1 Å². The number of aliphatic hydroxyl groups excluding tert-OH is 1. The average molecular weight is 405 g/mol. The van der Waals surface area contributed by atoms with Crippen LogP contribution >= 0.6 is 11.6 Å². The molecular formula is C23H29ClO4. The van der Waals surface area contributed by atoms with Gasteiger partial charge in [0.05, 0.1) is 24.7 Å². The summed E-state index contributed by atoms with van der Waals surface area (Å²) >= 11 is 6.52. The third kappa shape index (κ3) is 5.08. The quantitative estimate of drug-likeness (QED) is 0.456. The van der Waals surface area contributed by atoms with Crippen LogP contribution < -0.4 is 0 Å². The highest BCUT2D eigenvalue weighted by molar-refractivity contribution is 6.21. The summed E-state index contributed by atoms with van der Waals surface area (Å²) in [6.45, 7) is 0. The molecular weight excluding hydrogens is 376 g/mol. The molecule has 2 saturated carbocycles. The number of aliphatic hydroxyl groups is 2. The highest BCUT2D eigenvalue weighted by Crippen LogP contribution is 2.39. The molecule has 152 valence electrons. The van der Waals surface area contributed by atoms with E-state index in [0.29, 0.717) is 24.8 Å². The smallest absolute Gasteiger partial charge is 0.337 e. The van der Waals surface area contributed by atoms with Gasteiger partial charge in [-0.25, -0.2) is 4.79 Å². The topological polar surface area (TPSA) is 66.8 Å². The lowest BCUT2D eigenvalue weighted by Crippen LogP contribution is -2.30.